The van der Waals surface area contributed by atoms with E-state index < -0.39 is 17.6 Å². The van der Waals surface area contributed by atoms with Gasteiger partial charge in [0.1, 0.15) is 6.04 Å². The third-order valence-electron chi connectivity index (χ3n) is 9.71. The SMILES string of the molecule is CCCCCCCCCCCCCCCCCCCCCC(=O)OC[C@H](CCOC(=O)[C@@H](N)[C@@H](C)CC)Cn1cnc2c(=O)[nH]c(N)nc21. The summed E-state index contributed by atoms with van der Waals surface area (Å²) in [7, 11) is 0. The number of aromatic amines is 1. The van der Waals surface area contributed by atoms with Gasteiger partial charge in [0.05, 0.1) is 19.5 Å². The molecule has 0 spiro atoms. The summed E-state index contributed by atoms with van der Waals surface area (Å²) in [6.45, 7) is 6.80. The molecule has 3 atom stereocenters. The van der Waals surface area contributed by atoms with Crippen LogP contribution in [0.4, 0.5) is 5.95 Å². The normalized spacial score (nSPS) is 13.4. The number of carbonyl (C=O) groups excluding carboxylic acids is 2. The van der Waals surface area contributed by atoms with E-state index in [1.165, 1.54) is 109 Å². The minimum atomic E-state index is -0.683. The summed E-state index contributed by atoms with van der Waals surface area (Å²) >= 11 is 0. The van der Waals surface area contributed by atoms with Gasteiger partial charge in [-0.3, -0.25) is 19.4 Å². The fourth-order valence-corrected chi connectivity index (χ4v) is 6.15. The van der Waals surface area contributed by atoms with Gasteiger partial charge in [-0.2, -0.15) is 4.98 Å². The van der Waals surface area contributed by atoms with E-state index >= 15 is 0 Å². The predicted octanol–water partition coefficient (Wildman–Crippen LogP) is 7.99. The van der Waals surface area contributed by atoms with E-state index in [0.29, 0.717) is 25.0 Å². The number of unbranched alkanes of at least 4 members (excludes halogenated alkanes) is 18. The number of esters is 2. The van der Waals surface area contributed by atoms with Crippen LogP contribution < -0.4 is 17.0 Å². The number of hydrogen-bond acceptors (Lipinski definition) is 9. The second kappa shape index (κ2) is 25.9. The van der Waals surface area contributed by atoms with Crippen molar-refractivity contribution < 1.29 is 19.1 Å². The highest BCUT2D eigenvalue weighted by Gasteiger charge is 2.22. The number of aromatic nitrogens is 4. The number of rotatable bonds is 30. The van der Waals surface area contributed by atoms with Crippen LogP contribution in [0.3, 0.4) is 0 Å². The van der Waals surface area contributed by atoms with Crippen molar-refractivity contribution in [2.24, 2.45) is 17.6 Å². The number of H-pyrrole nitrogens is 1. The molecule has 49 heavy (non-hydrogen) atoms. The van der Waals surface area contributed by atoms with Gasteiger partial charge < -0.3 is 25.5 Å². The van der Waals surface area contributed by atoms with E-state index in [4.69, 9.17) is 20.9 Å². The number of hydrogen-bond donors (Lipinski definition) is 3. The van der Waals surface area contributed by atoms with Crippen LogP contribution in [0.25, 0.3) is 11.2 Å². The largest absolute Gasteiger partial charge is 0.465 e. The first-order valence-electron chi connectivity index (χ1n) is 19.5. The average molecular weight is 689 g/mol. The first-order valence-corrected chi connectivity index (χ1v) is 19.5. The van der Waals surface area contributed by atoms with Gasteiger partial charge in [0.2, 0.25) is 5.95 Å². The maximum Gasteiger partial charge on any atom is 0.323 e. The van der Waals surface area contributed by atoms with Gasteiger partial charge in [0, 0.05) is 18.9 Å². The van der Waals surface area contributed by atoms with Crippen LogP contribution in [0.15, 0.2) is 11.1 Å². The maximum absolute atomic E-state index is 12.6. The Kier molecular flexibility index (Phi) is 22.4. The highest BCUT2D eigenvalue weighted by Crippen LogP contribution is 2.17. The van der Waals surface area contributed by atoms with Crippen LogP contribution in [-0.4, -0.2) is 50.7 Å². The third-order valence-corrected chi connectivity index (χ3v) is 9.71. The van der Waals surface area contributed by atoms with Gasteiger partial charge in [-0.1, -0.05) is 143 Å². The number of nitrogens with two attached hydrogens (primary N) is 2. The zero-order valence-electron chi connectivity index (χ0n) is 31.0. The molecule has 5 N–H and O–H groups in total. The fourth-order valence-electron chi connectivity index (χ4n) is 6.15. The Labute approximate surface area is 295 Å². The molecule has 280 valence electrons. The molecule has 2 aromatic heterocycles. The van der Waals surface area contributed by atoms with Crippen molar-refractivity contribution in [3.63, 3.8) is 0 Å². The number of fused-ring (bicyclic) bond motifs is 1. The minimum absolute atomic E-state index is 0.00484. The summed E-state index contributed by atoms with van der Waals surface area (Å²) in [5.41, 5.74) is 11.9. The van der Waals surface area contributed by atoms with E-state index in [2.05, 4.69) is 21.9 Å². The van der Waals surface area contributed by atoms with Gasteiger partial charge in [-0.15, -0.1) is 0 Å². The number of nitrogens with zero attached hydrogens (tertiary/aromatic N) is 3. The second-order valence-electron chi connectivity index (χ2n) is 14.1. The Balaban J connectivity index is 1.61. The van der Waals surface area contributed by atoms with Crippen molar-refractivity contribution in [3.8, 4) is 0 Å². The lowest BCUT2D eigenvalue weighted by Gasteiger charge is -2.20. The minimum Gasteiger partial charge on any atom is -0.465 e. The molecule has 0 saturated carbocycles. The molecule has 0 radical (unpaired) electrons. The molecule has 0 aliphatic heterocycles. The van der Waals surface area contributed by atoms with Crippen LogP contribution in [0, 0.1) is 11.8 Å². The molecule has 2 heterocycles. The Morgan fingerprint density at radius 1 is 0.837 bits per heavy atom. The molecule has 0 amide bonds. The van der Waals surface area contributed by atoms with Crippen molar-refractivity contribution in [1.82, 2.24) is 19.5 Å². The molecule has 0 saturated heterocycles. The smallest absolute Gasteiger partial charge is 0.323 e. The molecule has 0 aromatic carbocycles. The van der Waals surface area contributed by atoms with Crippen LogP contribution in [0.2, 0.25) is 0 Å². The third kappa shape index (κ3) is 18.0. The van der Waals surface area contributed by atoms with Crippen molar-refractivity contribution in [2.75, 3.05) is 18.9 Å². The molecule has 0 aliphatic rings. The Morgan fingerprint density at radius 2 is 1.37 bits per heavy atom. The Morgan fingerprint density at radius 3 is 1.90 bits per heavy atom. The van der Waals surface area contributed by atoms with E-state index in [0.717, 1.165) is 25.7 Å². The maximum atomic E-state index is 12.6. The molecule has 11 heteroatoms. The zero-order chi connectivity index (χ0) is 35.7. The topological polar surface area (TPSA) is 168 Å². The molecule has 0 aliphatic carbocycles. The molecule has 0 unspecified atom stereocenters. The molecule has 0 fully saturated rings. The van der Waals surface area contributed by atoms with Crippen molar-refractivity contribution >= 4 is 29.1 Å². The molecule has 0 bridgehead atoms. The Bertz CT molecular complexity index is 1230. The summed E-state index contributed by atoms with van der Waals surface area (Å²) in [5, 5.41) is 0. The van der Waals surface area contributed by atoms with Crippen molar-refractivity contribution in [2.45, 2.75) is 175 Å². The van der Waals surface area contributed by atoms with Crippen LogP contribution >= 0.6 is 0 Å². The first kappa shape index (κ1) is 42.2. The highest BCUT2D eigenvalue weighted by molar-refractivity contribution is 5.75. The summed E-state index contributed by atoms with van der Waals surface area (Å²) < 4.78 is 12.8. The number of nitrogens with one attached hydrogen (secondary N) is 1. The van der Waals surface area contributed by atoms with Crippen LogP contribution in [0.5, 0.6) is 0 Å². The van der Waals surface area contributed by atoms with E-state index in [9.17, 15) is 14.4 Å². The average Bonchev–Trinajstić information content (AvgIpc) is 3.49. The molecular formula is C38H68N6O5. The van der Waals surface area contributed by atoms with Crippen molar-refractivity contribution in [1.29, 1.82) is 0 Å². The molecule has 2 rings (SSSR count). The fraction of sp³-hybridized carbons (Fsp3) is 0.816. The second-order valence-corrected chi connectivity index (χ2v) is 14.1. The van der Waals surface area contributed by atoms with Gasteiger partial charge in [0.15, 0.2) is 11.2 Å². The summed E-state index contributed by atoms with van der Waals surface area (Å²) in [5.74, 6) is -0.873. The molecule has 2 aromatic rings. The van der Waals surface area contributed by atoms with Gasteiger partial charge in [0.25, 0.3) is 5.56 Å². The van der Waals surface area contributed by atoms with E-state index in [1.54, 1.807) is 4.57 Å². The summed E-state index contributed by atoms with van der Waals surface area (Å²) in [6, 6.07) is -0.683. The lowest BCUT2D eigenvalue weighted by atomic mass is 10.0. The van der Waals surface area contributed by atoms with E-state index in [-0.39, 0.29) is 42.5 Å². The molecular weight excluding hydrogens is 620 g/mol. The van der Waals surface area contributed by atoms with E-state index in [1.807, 2.05) is 13.8 Å². The highest BCUT2D eigenvalue weighted by atomic mass is 16.5. The quantitative estimate of drug-likeness (QED) is 0.0544. The number of anilines is 1. The zero-order valence-corrected chi connectivity index (χ0v) is 31.0. The predicted molar refractivity (Wildman–Crippen MR) is 198 cm³/mol. The first-order chi connectivity index (χ1) is 23.8. The molecule has 11 nitrogen and oxygen atoms in total. The monoisotopic (exact) mass is 689 g/mol. The number of carbonyl (C=O) groups is 2. The number of ether oxygens (including phenoxy) is 2. The summed E-state index contributed by atoms with van der Waals surface area (Å²) in [4.78, 5) is 48.1. The number of imidazole rings is 1. The van der Waals surface area contributed by atoms with Crippen LogP contribution in [-0.2, 0) is 25.6 Å². The standard InChI is InChI=1S/C38H68N6O5/c1-4-6-7-8-9-10-11-12-13-14-15-16-17-18-19-20-21-22-23-24-32(45)49-28-31(25-26-48-37(47)33(39)30(3)5-2)27-44-29-41-34-35(44)42-38(40)43-36(34)46/h29-31,33H,4-28,39H2,1-3H3,(H3,40,42,43,46)/t30-,31+,33-/m0/s1. The van der Waals surface area contributed by atoms with Crippen molar-refractivity contribution in [3.05, 3.63) is 16.7 Å². The number of nitrogen functional groups attached to an aromatic ring is 1. The van der Waals surface area contributed by atoms with Crippen LogP contribution in [0.1, 0.15) is 162 Å². The Hall–Kier alpha value is -2.95. The summed E-state index contributed by atoms with van der Waals surface area (Å²) in [6.07, 6.45) is 28.0. The lowest BCUT2D eigenvalue weighted by Crippen LogP contribution is -2.38. The van der Waals surface area contributed by atoms with Gasteiger partial charge in [-0.25, -0.2) is 4.98 Å². The lowest BCUT2D eigenvalue weighted by molar-refractivity contribution is -0.149. The van der Waals surface area contributed by atoms with Gasteiger partial charge >= 0.3 is 11.9 Å². The van der Waals surface area contributed by atoms with Gasteiger partial charge in [-0.05, 0) is 18.8 Å².